The van der Waals surface area contributed by atoms with Crippen LogP contribution in [0.5, 0.6) is 5.75 Å². The molecule has 2 N–H and O–H groups in total. The molecule has 0 saturated carbocycles. The molecule has 0 aliphatic carbocycles. The number of carbonyl (C=O) groups excluding carboxylic acids is 1. The van der Waals surface area contributed by atoms with E-state index in [9.17, 15) is 9.90 Å². The molecule has 0 heterocycles. The largest absolute Gasteiger partial charge is 0.508 e. The number of hydrogen-bond acceptors (Lipinski definition) is 4. The third-order valence-electron chi connectivity index (χ3n) is 3.33. The number of benzene rings is 2. The van der Waals surface area contributed by atoms with Gasteiger partial charge in [0.05, 0.1) is 11.0 Å². The van der Waals surface area contributed by atoms with E-state index < -0.39 is 0 Å². The maximum Gasteiger partial charge on any atom is 0.252 e. The van der Waals surface area contributed by atoms with E-state index in [2.05, 4.69) is 10.5 Å². The molecular weight excluding hydrogens is 308 g/mol. The number of rotatable bonds is 6. The molecule has 2 aromatic carbocycles. The second kappa shape index (κ2) is 8.39. The Morgan fingerprint density at radius 1 is 1.17 bits per heavy atom. The molecule has 1 atom stereocenters. The van der Waals surface area contributed by atoms with Crippen LogP contribution in [0.4, 0.5) is 0 Å². The van der Waals surface area contributed by atoms with Crippen molar-refractivity contribution in [3.63, 3.8) is 0 Å². The minimum Gasteiger partial charge on any atom is -0.508 e. The summed E-state index contributed by atoms with van der Waals surface area (Å²) in [6, 6.07) is 16.8. The van der Waals surface area contributed by atoms with Crippen molar-refractivity contribution in [2.45, 2.75) is 24.9 Å². The summed E-state index contributed by atoms with van der Waals surface area (Å²) in [4.78, 5) is 12.1. The van der Waals surface area contributed by atoms with Crippen LogP contribution >= 0.6 is 11.8 Å². The van der Waals surface area contributed by atoms with E-state index in [1.54, 1.807) is 36.0 Å². The first-order valence-electron chi connectivity index (χ1n) is 7.35. The number of thioether (sulfide) groups is 1. The summed E-state index contributed by atoms with van der Waals surface area (Å²) in [6.45, 7) is 3.68. The van der Waals surface area contributed by atoms with Crippen molar-refractivity contribution in [2.75, 3.05) is 0 Å². The topological polar surface area (TPSA) is 61.7 Å². The monoisotopic (exact) mass is 328 g/mol. The Labute approximate surface area is 140 Å². The number of amides is 1. The second-order valence-corrected chi connectivity index (χ2v) is 6.49. The maximum atomic E-state index is 12.1. The third-order valence-corrected chi connectivity index (χ3v) is 4.55. The number of nitrogens with one attached hydrogen (secondary N) is 1. The molecule has 2 aromatic rings. The number of hydrogen-bond donors (Lipinski definition) is 2. The normalized spacial score (nSPS) is 12.7. The molecule has 23 heavy (non-hydrogen) atoms. The molecule has 2 rings (SSSR count). The smallest absolute Gasteiger partial charge is 0.252 e. The molecule has 120 valence electrons. The third kappa shape index (κ3) is 5.45. The fraction of sp³-hybridized carbons (Fsp3) is 0.222. The van der Waals surface area contributed by atoms with Crippen molar-refractivity contribution in [2.24, 2.45) is 5.10 Å². The standard InChI is InChI=1S/C18H20N2O2S/c1-13(16-8-10-17(21)11-9-16)19-20-18(22)14(2)23-12-15-6-4-3-5-7-15/h3-11,14,21H,12H2,1-2H3,(H,20,22)/b19-13-/t14-/m1/s1. The number of phenolic OH excluding ortho intramolecular Hbond substituents is 1. The lowest BCUT2D eigenvalue weighted by atomic mass is 10.1. The Morgan fingerprint density at radius 2 is 1.83 bits per heavy atom. The van der Waals surface area contributed by atoms with Crippen LogP contribution in [-0.4, -0.2) is 22.0 Å². The van der Waals surface area contributed by atoms with Crippen LogP contribution in [0.1, 0.15) is 25.0 Å². The lowest BCUT2D eigenvalue weighted by molar-refractivity contribution is -0.120. The zero-order valence-corrected chi connectivity index (χ0v) is 14.0. The van der Waals surface area contributed by atoms with E-state index in [0.717, 1.165) is 11.3 Å². The predicted molar refractivity (Wildman–Crippen MR) is 95.7 cm³/mol. The minimum atomic E-state index is -0.188. The Bertz CT molecular complexity index is 669. The van der Waals surface area contributed by atoms with E-state index in [0.29, 0.717) is 5.71 Å². The van der Waals surface area contributed by atoms with Gasteiger partial charge >= 0.3 is 0 Å². The predicted octanol–water partition coefficient (Wildman–Crippen LogP) is 3.55. The Hall–Kier alpha value is -2.27. The summed E-state index contributed by atoms with van der Waals surface area (Å²) in [6.07, 6.45) is 0. The van der Waals surface area contributed by atoms with Crippen LogP contribution in [-0.2, 0) is 10.5 Å². The summed E-state index contributed by atoms with van der Waals surface area (Å²) < 4.78 is 0. The van der Waals surface area contributed by atoms with Gasteiger partial charge in [0, 0.05) is 5.75 Å². The van der Waals surface area contributed by atoms with Crippen molar-refractivity contribution in [1.29, 1.82) is 0 Å². The highest BCUT2D eigenvalue weighted by molar-refractivity contribution is 7.99. The summed E-state index contributed by atoms with van der Waals surface area (Å²) in [5.41, 5.74) is 5.34. The zero-order chi connectivity index (χ0) is 16.7. The Balaban J connectivity index is 1.85. The van der Waals surface area contributed by atoms with Crippen molar-refractivity contribution in [1.82, 2.24) is 5.43 Å². The first kappa shape index (κ1) is 17.1. The van der Waals surface area contributed by atoms with Gasteiger partial charge in [-0.25, -0.2) is 5.43 Å². The molecule has 0 fully saturated rings. The quantitative estimate of drug-likeness (QED) is 0.629. The van der Waals surface area contributed by atoms with Gasteiger partial charge in [0.15, 0.2) is 0 Å². The molecule has 4 nitrogen and oxygen atoms in total. The van der Waals surface area contributed by atoms with E-state index in [1.165, 1.54) is 5.56 Å². The molecule has 0 aliphatic heterocycles. The van der Waals surface area contributed by atoms with Crippen molar-refractivity contribution >= 4 is 23.4 Å². The highest BCUT2D eigenvalue weighted by atomic mass is 32.2. The highest BCUT2D eigenvalue weighted by Crippen LogP contribution is 2.17. The number of hydrazone groups is 1. The molecule has 0 aliphatic rings. The van der Waals surface area contributed by atoms with Gasteiger partial charge in [0.1, 0.15) is 5.75 Å². The highest BCUT2D eigenvalue weighted by Gasteiger charge is 2.13. The van der Waals surface area contributed by atoms with Crippen LogP contribution in [0.3, 0.4) is 0 Å². The molecule has 5 heteroatoms. The number of aromatic hydroxyl groups is 1. The summed E-state index contributed by atoms with van der Waals surface area (Å²) in [5, 5.41) is 13.2. The molecule has 0 aromatic heterocycles. The molecule has 1 amide bonds. The fourth-order valence-corrected chi connectivity index (χ4v) is 2.71. The minimum absolute atomic E-state index is 0.121. The van der Waals surface area contributed by atoms with Gasteiger partial charge in [-0.3, -0.25) is 4.79 Å². The Kier molecular flexibility index (Phi) is 6.23. The molecule has 0 unspecified atom stereocenters. The van der Waals surface area contributed by atoms with Gasteiger partial charge in [-0.2, -0.15) is 5.10 Å². The van der Waals surface area contributed by atoms with E-state index >= 15 is 0 Å². The average Bonchev–Trinajstić information content (AvgIpc) is 2.58. The Morgan fingerprint density at radius 3 is 2.48 bits per heavy atom. The summed E-state index contributed by atoms with van der Waals surface area (Å²) in [7, 11) is 0. The van der Waals surface area contributed by atoms with E-state index in [-0.39, 0.29) is 16.9 Å². The van der Waals surface area contributed by atoms with Crippen LogP contribution in [0.15, 0.2) is 59.7 Å². The lowest BCUT2D eigenvalue weighted by Gasteiger charge is -2.10. The molecule has 0 bridgehead atoms. The molecular formula is C18H20N2O2S. The first-order chi connectivity index (χ1) is 11.1. The fourth-order valence-electron chi connectivity index (χ4n) is 1.87. The van der Waals surface area contributed by atoms with Crippen LogP contribution in [0, 0.1) is 0 Å². The number of phenols is 1. The second-order valence-electron chi connectivity index (χ2n) is 5.16. The lowest BCUT2D eigenvalue weighted by Crippen LogP contribution is -2.27. The summed E-state index contributed by atoms with van der Waals surface area (Å²) in [5.74, 6) is 0.872. The van der Waals surface area contributed by atoms with Crippen LogP contribution in [0.2, 0.25) is 0 Å². The van der Waals surface area contributed by atoms with Gasteiger partial charge < -0.3 is 5.11 Å². The van der Waals surface area contributed by atoms with Gasteiger partial charge in [-0.05, 0) is 49.2 Å². The maximum absolute atomic E-state index is 12.1. The van der Waals surface area contributed by atoms with Crippen molar-refractivity contribution in [3.05, 3.63) is 65.7 Å². The van der Waals surface area contributed by atoms with E-state index in [4.69, 9.17) is 0 Å². The average molecular weight is 328 g/mol. The van der Waals surface area contributed by atoms with Crippen LogP contribution in [0.25, 0.3) is 0 Å². The SMILES string of the molecule is C/C(=N/NC(=O)[C@@H](C)SCc1ccccc1)c1ccc(O)cc1. The number of nitrogens with zero attached hydrogens (tertiary/aromatic N) is 1. The zero-order valence-electron chi connectivity index (χ0n) is 13.2. The summed E-state index contributed by atoms with van der Waals surface area (Å²) >= 11 is 1.57. The van der Waals surface area contributed by atoms with E-state index in [1.807, 2.05) is 44.2 Å². The van der Waals surface area contributed by atoms with Gasteiger partial charge in [-0.15, -0.1) is 11.8 Å². The van der Waals surface area contributed by atoms with Crippen molar-refractivity contribution in [3.8, 4) is 5.75 Å². The van der Waals surface area contributed by atoms with Crippen LogP contribution < -0.4 is 5.43 Å². The number of carbonyl (C=O) groups is 1. The molecule has 0 saturated heterocycles. The first-order valence-corrected chi connectivity index (χ1v) is 8.40. The molecule has 0 spiro atoms. The molecule has 0 radical (unpaired) electrons. The van der Waals surface area contributed by atoms with Gasteiger partial charge in [0.2, 0.25) is 0 Å². The van der Waals surface area contributed by atoms with Gasteiger partial charge in [0.25, 0.3) is 5.91 Å². The van der Waals surface area contributed by atoms with Crippen molar-refractivity contribution < 1.29 is 9.90 Å². The van der Waals surface area contributed by atoms with Gasteiger partial charge in [-0.1, -0.05) is 30.3 Å².